The predicted octanol–water partition coefficient (Wildman–Crippen LogP) is 4.45. The van der Waals surface area contributed by atoms with Crippen LogP contribution in [0.25, 0.3) is 5.70 Å². The molecule has 0 spiro atoms. The topological polar surface area (TPSA) is 114 Å². The van der Waals surface area contributed by atoms with Crippen molar-refractivity contribution in [3.8, 4) is 0 Å². The van der Waals surface area contributed by atoms with Crippen LogP contribution in [0.15, 0.2) is 66.5 Å². The van der Waals surface area contributed by atoms with E-state index >= 15 is 0 Å². The van der Waals surface area contributed by atoms with Crippen molar-refractivity contribution in [1.29, 1.82) is 0 Å². The average Bonchev–Trinajstić information content (AvgIpc) is 3.19. The first kappa shape index (κ1) is 31.6. The van der Waals surface area contributed by atoms with Gasteiger partial charge in [-0.25, -0.2) is 5.84 Å². The number of hydrazine groups is 1. The molecule has 0 saturated carbocycles. The van der Waals surface area contributed by atoms with Crippen molar-refractivity contribution in [3.05, 3.63) is 94.5 Å². The maximum atomic E-state index is 13.1. The molecule has 1 amide bonds. The van der Waals surface area contributed by atoms with E-state index in [0.29, 0.717) is 36.9 Å². The van der Waals surface area contributed by atoms with Gasteiger partial charge in [0.05, 0.1) is 18.4 Å². The van der Waals surface area contributed by atoms with Crippen LogP contribution in [0.3, 0.4) is 0 Å². The van der Waals surface area contributed by atoms with Crippen LogP contribution < -0.4 is 22.2 Å². The van der Waals surface area contributed by atoms with Gasteiger partial charge in [-0.2, -0.15) is 5.10 Å². The standard InChI is InChI=1S/C31H47N7O/c1-10-24(12-11-22(4)19-38(33)20-29(32)28-18-36-37(9)23(28)5)16-35-30(39)26-13-25(17-34-21(2)3)14-27(15-26)31(6,7)8/h10-15,18,20-21,34H,1,16-17,19,32-33H2,2-9H3,(H,35,39)/b22-11-,24-12+,29-20-. The number of aryl methyl sites for hydroxylation is 1. The highest BCUT2D eigenvalue weighted by Gasteiger charge is 2.18. The summed E-state index contributed by atoms with van der Waals surface area (Å²) < 4.78 is 1.77. The first-order valence-electron chi connectivity index (χ1n) is 13.3. The molecule has 0 radical (unpaired) electrons. The Morgan fingerprint density at radius 2 is 1.92 bits per heavy atom. The second kappa shape index (κ2) is 14.0. The van der Waals surface area contributed by atoms with E-state index in [-0.39, 0.29) is 11.3 Å². The van der Waals surface area contributed by atoms with E-state index < -0.39 is 0 Å². The minimum atomic E-state index is -0.111. The molecule has 8 nitrogen and oxygen atoms in total. The molecule has 1 aromatic carbocycles. The number of hydrogen-bond donors (Lipinski definition) is 4. The fraction of sp³-hybridized carbons (Fsp3) is 0.419. The van der Waals surface area contributed by atoms with Crippen molar-refractivity contribution in [3.63, 3.8) is 0 Å². The van der Waals surface area contributed by atoms with Crippen molar-refractivity contribution in [2.24, 2.45) is 18.6 Å². The minimum Gasteiger partial charge on any atom is -0.397 e. The van der Waals surface area contributed by atoms with Crippen molar-refractivity contribution < 1.29 is 4.79 Å². The lowest BCUT2D eigenvalue weighted by molar-refractivity contribution is 0.0957. The van der Waals surface area contributed by atoms with Gasteiger partial charge in [-0.05, 0) is 48.1 Å². The lowest BCUT2D eigenvalue weighted by Crippen LogP contribution is -2.28. The monoisotopic (exact) mass is 533 g/mol. The summed E-state index contributed by atoms with van der Waals surface area (Å²) in [5.74, 6) is 6.06. The molecule has 0 aliphatic carbocycles. The first-order valence-corrected chi connectivity index (χ1v) is 13.3. The van der Waals surface area contributed by atoms with E-state index in [1.165, 1.54) is 0 Å². The van der Waals surface area contributed by atoms with Crippen molar-refractivity contribution in [2.75, 3.05) is 13.1 Å². The van der Waals surface area contributed by atoms with Gasteiger partial charge in [-0.15, -0.1) is 0 Å². The number of carbonyl (C=O) groups excluding carboxylic acids is 1. The molecular weight excluding hydrogens is 486 g/mol. The third-order valence-corrected chi connectivity index (χ3v) is 6.42. The normalized spacial score (nSPS) is 13.1. The number of hydrogen-bond acceptors (Lipinski definition) is 6. The van der Waals surface area contributed by atoms with E-state index in [1.54, 1.807) is 28.2 Å². The maximum absolute atomic E-state index is 13.1. The number of carbonyl (C=O) groups is 1. The van der Waals surface area contributed by atoms with E-state index in [2.05, 4.69) is 63.0 Å². The van der Waals surface area contributed by atoms with E-state index in [9.17, 15) is 4.79 Å². The van der Waals surface area contributed by atoms with Gasteiger partial charge in [0, 0.05) is 49.2 Å². The van der Waals surface area contributed by atoms with E-state index in [0.717, 1.165) is 33.5 Å². The summed E-state index contributed by atoms with van der Waals surface area (Å²) in [6, 6.07) is 6.49. The van der Waals surface area contributed by atoms with Crippen LogP contribution in [0.1, 0.15) is 74.3 Å². The fourth-order valence-corrected chi connectivity index (χ4v) is 3.83. The zero-order valence-electron chi connectivity index (χ0n) is 24.9. The number of nitrogens with two attached hydrogens (primary N) is 2. The van der Waals surface area contributed by atoms with Gasteiger partial charge in [0.25, 0.3) is 5.91 Å². The van der Waals surface area contributed by atoms with E-state index in [4.69, 9.17) is 11.6 Å². The molecule has 8 heteroatoms. The molecule has 1 aromatic heterocycles. The number of allylic oxidation sites excluding steroid dienone is 2. The molecule has 2 rings (SSSR count). The number of nitrogens with zero attached hydrogens (tertiary/aromatic N) is 3. The summed E-state index contributed by atoms with van der Waals surface area (Å²) in [5, 5.41) is 12.2. The summed E-state index contributed by atoms with van der Waals surface area (Å²) in [6.45, 7) is 20.1. The molecule has 0 bridgehead atoms. The van der Waals surface area contributed by atoms with Gasteiger partial charge in [0.2, 0.25) is 0 Å². The highest BCUT2D eigenvalue weighted by Crippen LogP contribution is 2.25. The SMILES string of the molecule is C=C/C(=C\C=C(\C)CN(N)/C=C(\N)c1cnn(C)c1C)CNC(=O)c1cc(CNC(C)C)cc(C(C)(C)C)c1. The highest BCUT2D eigenvalue weighted by atomic mass is 16.1. The average molecular weight is 534 g/mol. The molecule has 0 aliphatic rings. The molecule has 39 heavy (non-hydrogen) atoms. The molecule has 0 fully saturated rings. The van der Waals surface area contributed by atoms with Gasteiger partial charge >= 0.3 is 0 Å². The Morgan fingerprint density at radius 1 is 1.23 bits per heavy atom. The molecule has 6 N–H and O–H groups in total. The van der Waals surface area contributed by atoms with Gasteiger partial charge in [-0.3, -0.25) is 9.48 Å². The molecule has 0 aliphatic heterocycles. The molecule has 0 unspecified atom stereocenters. The van der Waals surface area contributed by atoms with Gasteiger partial charge in [0.15, 0.2) is 0 Å². The first-order chi connectivity index (χ1) is 18.2. The number of nitrogens with one attached hydrogen (secondary N) is 2. The Bertz CT molecular complexity index is 1240. The van der Waals surface area contributed by atoms with Gasteiger partial charge in [-0.1, -0.05) is 71.1 Å². The van der Waals surface area contributed by atoms with Crippen LogP contribution in [0.4, 0.5) is 0 Å². The quantitative estimate of drug-likeness (QED) is 0.182. The number of benzene rings is 1. The maximum Gasteiger partial charge on any atom is 0.251 e. The lowest BCUT2D eigenvalue weighted by atomic mass is 9.85. The summed E-state index contributed by atoms with van der Waals surface area (Å²) in [4.78, 5) is 13.1. The molecule has 212 valence electrons. The Labute approximate surface area is 234 Å². The zero-order valence-corrected chi connectivity index (χ0v) is 24.9. The number of aromatic nitrogens is 2. The Hall–Kier alpha value is -3.62. The number of amides is 1. The minimum absolute atomic E-state index is 0.0646. The molecule has 1 heterocycles. The second-order valence-corrected chi connectivity index (χ2v) is 11.4. The molecule has 0 atom stereocenters. The predicted molar refractivity (Wildman–Crippen MR) is 162 cm³/mol. The lowest BCUT2D eigenvalue weighted by Gasteiger charge is -2.22. The fourth-order valence-electron chi connectivity index (χ4n) is 3.83. The molecular formula is C31H47N7O. The van der Waals surface area contributed by atoms with Crippen LogP contribution in [0.5, 0.6) is 0 Å². The summed E-state index contributed by atoms with van der Waals surface area (Å²) >= 11 is 0. The third-order valence-electron chi connectivity index (χ3n) is 6.42. The van der Waals surface area contributed by atoms with E-state index in [1.807, 2.05) is 45.2 Å². The molecule has 2 aromatic rings. The smallest absolute Gasteiger partial charge is 0.251 e. The Balaban J connectivity index is 2.07. The van der Waals surface area contributed by atoms with Crippen LogP contribution in [0.2, 0.25) is 0 Å². The number of rotatable bonds is 12. The van der Waals surface area contributed by atoms with Gasteiger partial charge < -0.3 is 21.4 Å². The van der Waals surface area contributed by atoms with Gasteiger partial charge in [0.1, 0.15) is 0 Å². The largest absolute Gasteiger partial charge is 0.397 e. The van der Waals surface area contributed by atoms with Crippen LogP contribution >= 0.6 is 0 Å². The second-order valence-electron chi connectivity index (χ2n) is 11.4. The van der Waals surface area contributed by atoms with Crippen molar-refractivity contribution >= 4 is 11.6 Å². The summed E-state index contributed by atoms with van der Waals surface area (Å²) in [7, 11) is 1.87. The third kappa shape index (κ3) is 9.89. The van der Waals surface area contributed by atoms with Crippen LogP contribution in [-0.2, 0) is 19.0 Å². The van der Waals surface area contributed by atoms with Crippen molar-refractivity contribution in [1.82, 2.24) is 25.4 Å². The Morgan fingerprint density at radius 3 is 2.49 bits per heavy atom. The van der Waals surface area contributed by atoms with Crippen LogP contribution in [-0.4, -0.2) is 39.8 Å². The van der Waals surface area contributed by atoms with Crippen LogP contribution in [0, 0.1) is 6.92 Å². The van der Waals surface area contributed by atoms with Crippen molar-refractivity contribution in [2.45, 2.75) is 66.5 Å². The summed E-state index contributed by atoms with van der Waals surface area (Å²) in [6.07, 6.45) is 9.09. The molecule has 0 saturated heterocycles. The highest BCUT2D eigenvalue weighted by molar-refractivity contribution is 5.94. The summed E-state index contributed by atoms with van der Waals surface area (Å²) in [5.41, 5.74) is 13.3. The Kier molecular flexibility index (Phi) is 11.3. The zero-order chi connectivity index (χ0) is 29.3.